The van der Waals surface area contributed by atoms with Gasteiger partial charge in [0.05, 0.1) is 7.11 Å². The standard InChI is InChI=1S/C22H23ClN4O3S/c1-4-13(2)18(24-19(28)14-7-6-10-17(12-14)30-3)20(29)25-22-27-26-21(31-22)15-8-5-9-16(23)11-15/h5-13,18H,4H2,1-3H3,(H,24,28)(H,25,27,29). The fourth-order valence-corrected chi connectivity index (χ4v) is 3.82. The van der Waals surface area contributed by atoms with Crippen LogP contribution in [0.4, 0.5) is 5.13 Å². The van der Waals surface area contributed by atoms with Crippen LogP contribution in [0.5, 0.6) is 5.75 Å². The number of hydrogen-bond acceptors (Lipinski definition) is 6. The number of anilines is 1. The average Bonchev–Trinajstić information content (AvgIpc) is 3.25. The molecule has 7 nitrogen and oxygen atoms in total. The summed E-state index contributed by atoms with van der Waals surface area (Å²) in [5.74, 6) is -0.218. The number of amides is 2. The fraction of sp³-hybridized carbons (Fsp3) is 0.273. The van der Waals surface area contributed by atoms with Crippen molar-refractivity contribution < 1.29 is 14.3 Å². The van der Waals surface area contributed by atoms with Crippen LogP contribution in [0.15, 0.2) is 48.5 Å². The Bertz CT molecular complexity index is 1070. The van der Waals surface area contributed by atoms with E-state index in [1.165, 1.54) is 18.4 Å². The van der Waals surface area contributed by atoms with Crippen LogP contribution in [-0.4, -0.2) is 35.2 Å². The van der Waals surface area contributed by atoms with Crippen LogP contribution in [-0.2, 0) is 4.79 Å². The summed E-state index contributed by atoms with van der Waals surface area (Å²) in [5, 5.41) is 15.4. The molecule has 3 rings (SSSR count). The molecule has 2 amide bonds. The van der Waals surface area contributed by atoms with Crippen molar-refractivity contribution in [1.29, 1.82) is 0 Å². The highest BCUT2D eigenvalue weighted by Gasteiger charge is 2.27. The Labute approximate surface area is 189 Å². The highest BCUT2D eigenvalue weighted by atomic mass is 35.5. The molecule has 0 aliphatic heterocycles. The lowest BCUT2D eigenvalue weighted by atomic mass is 9.98. The van der Waals surface area contributed by atoms with Gasteiger partial charge in [-0.05, 0) is 36.2 Å². The van der Waals surface area contributed by atoms with Gasteiger partial charge in [0.2, 0.25) is 11.0 Å². The lowest BCUT2D eigenvalue weighted by Crippen LogP contribution is -2.47. The van der Waals surface area contributed by atoms with E-state index in [0.29, 0.717) is 32.9 Å². The molecule has 0 aliphatic rings. The summed E-state index contributed by atoms with van der Waals surface area (Å²) in [6, 6.07) is 13.3. The molecule has 0 spiro atoms. The number of nitrogens with zero attached hydrogens (tertiary/aromatic N) is 2. The second kappa shape index (κ2) is 10.4. The number of aromatic nitrogens is 2. The Morgan fingerprint density at radius 2 is 1.94 bits per heavy atom. The van der Waals surface area contributed by atoms with Gasteiger partial charge in [-0.2, -0.15) is 0 Å². The summed E-state index contributed by atoms with van der Waals surface area (Å²) in [6.07, 6.45) is 0.709. The Kier molecular flexibility index (Phi) is 7.59. The van der Waals surface area contributed by atoms with Gasteiger partial charge in [-0.3, -0.25) is 14.9 Å². The maximum Gasteiger partial charge on any atom is 0.252 e. The van der Waals surface area contributed by atoms with Crippen molar-refractivity contribution in [2.24, 2.45) is 5.92 Å². The normalized spacial score (nSPS) is 12.6. The molecule has 2 aromatic carbocycles. The van der Waals surface area contributed by atoms with E-state index in [2.05, 4.69) is 20.8 Å². The summed E-state index contributed by atoms with van der Waals surface area (Å²) in [5.41, 5.74) is 1.23. The quantitative estimate of drug-likeness (QED) is 0.512. The number of carbonyl (C=O) groups excluding carboxylic acids is 2. The van der Waals surface area contributed by atoms with E-state index in [4.69, 9.17) is 16.3 Å². The number of hydrogen-bond donors (Lipinski definition) is 2. The molecular formula is C22H23ClN4O3S. The molecule has 1 heterocycles. The van der Waals surface area contributed by atoms with E-state index >= 15 is 0 Å². The Morgan fingerprint density at radius 3 is 2.65 bits per heavy atom. The van der Waals surface area contributed by atoms with E-state index in [-0.39, 0.29) is 17.7 Å². The van der Waals surface area contributed by atoms with Crippen molar-refractivity contribution in [3.05, 3.63) is 59.1 Å². The second-order valence-electron chi connectivity index (χ2n) is 6.98. The summed E-state index contributed by atoms with van der Waals surface area (Å²) >= 11 is 7.27. The average molecular weight is 459 g/mol. The van der Waals surface area contributed by atoms with Gasteiger partial charge < -0.3 is 10.1 Å². The van der Waals surface area contributed by atoms with E-state index in [1.54, 1.807) is 36.4 Å². The van der Waals surface area contributed by atoms with Crippen molar-refractivity contribution in [2.45, 2.75) is 26.3 Å². The van der Waals surface area contributed by atoms with E-state index in [0.717, 1.165) is 5.56 Å². The largest absolute Gasteiger partial charge is 0.497 e. The molecule has 2 N–H and O–H groups in total. The van der Waals surface area contributed by atoms with Gasteiger partial charge in [0.1, 0.15) is 16.8 Å². The van der Waals surface area contributed by atoms with Crippen LogP contribution in [0.25, 0.3) is 10.6 Å². The van der Waals surface area contributed by atoms with Crippen molar-refractivity contribution in [1.82, 2.24) is 15.5 Å². The molecule has 2 atom stereocenters. The van der Waals surface area contributed by atoms with Crippen molar-refractivity contribution in [3.63, 3.8) is 0 Å². The highest BCUT2D eigenvalue weighted by Crippen LogP contribution is 2.28. The number of ether oxygens (including phenoxy) is 1. The van der Waals surface area contributed by atoms with Gasteiger partial charge in [-0.15, -0.1) is 10.2 Å². The summed E-state index contributed by atoms with van der Waals surface area (Å²) in [7, 11) is 1.53. The molecule has 0 aliphatic carbocycles. The molecule has 9 heteroatoms. The predicted octanol–water partition coefficient (Wildman–Crippen LogP) is 4.65. The first kappa shape index (κ1) is 22.7. The first-order chi connectivity index (χ1) is 14.9. The topological polar surface area (TPSA) is 93.2 Å². The van der Waals surface area contributed by atoms with Crippen LogP contribution < -0.4 is 15.4 Å². The van der Waals surface area contributed by atoms with Gasteiger partial charge in [0, 0.05) is 16.1 Å². The van der Waals surface area contributed by atoms with Gasteiger partial charge in [0.15, 0.2) is 0 Å². The molecule has 0 fully saturated rings. The Hall–Kier alpha value is -2.97. The minimum atomic E-state index is -0.734. The molecule has 2 unspecified atom stereocenters. The third-order valence-electron chi connectivity index (χ3n) is 4.84. The van der Waals surface area contributed by atoms with Gasteiger partial charge in [-0.25, -0.2) is 0 Å². The maximum atomic E-state index is 13.0. The molecule has 1 aromatic heterocycles. The third-order valence-corrected chi connectivity index (χ3v) is 5.96. The van der Waals surface area contributed by atoms with Crippen LogP contribution >= 0.6 is 22.9 Å². The SMILES string of the molecule is CCC(C)C(NC(=O)c1cccc(OC)c1)C(=O)Nc1nnc(-c2cccc(Cl)c2)s1. The molecule has 0 saturated carbocycles. The minimum absolute atomic E-state index is 0.0881. The number of benzene rings is 2. The fourth-order valence-electron chi connectivity index (χ4n) is 2.89. The zero-order valence-corrected chi connectivity index (χ0v) is 19.0. The Balaban J connectivity index is 1.74. The first-order valence-corrected chi connectivity index (χ1v) is 11.0. The summed E-state index contributed by atoms with van der Waals surface area (Å²) in [6.45, 7) is 3.87. The smallest absolute Gasteiger partial charge is 0.252 e. The molecule has 162 valence electrons. The minimum Gasteiger partial charge on any atom is -0.497 e. The maximum absolute atomic E-state index is 13.0. The van der Waals surface area contributed by atoms with E-state index in [9.17, 15) is 9.59 Å². The molecular weight excluding hydrogens is 436 g/mol. The Morgan fingerprint density at radius 1 is 1.16 bits per heavy atom. The van der Waals surface area contributed by atoms with Crippen LogP contribution in [0, 0.1) is 5.92 Å². The zero-order valence-electron chi connectivity index (χ0n) is 17.4. The lowest BCUT2D eigenvalue weighted by Gasteiger charge is -2.23. The van der Waals surface area contributed by atoms with Crippen molar-refractivity contribution in [3.8, 4) is 16.3 Å². The number of nitrogens with one attached hydrogen (secondary N) is 2. The van der Waals surface area contributed by atoms with Gasteiger partial charge in [0.25, 0.3) is 5.91 Å². The molecule has 0 saturated heterocycles. The van der Waals surface area contributed by atoms with E-state index in [1.807, 2.05) is 26.0 Å². The summed E-state index contributed by atoms with van der Waals surface area (Å²) in [4.78, 5) is 25.7. The molecule has 0 bridgehead atoms. The van der Waals surface area contributed by atoms with Crippen LogP contribution in [0.1, 0.15) is 30.6 Å². The molecule has 31 heavy (non-hydrogen) atoms. The van der Waals surface area contributed by atoms with Crippen molar-refractivity contribution in [2.75, 3.05) is 12.4 Å². The molecule has 3 aromatic rings. The number of rotatable bonds is 8. The number of carbonyl (C=O) groups is 2. The zero-order chi connectivity index (χ0) is 22.4. The first-order valence-electron chi connectivity index (χ1n) is 9.76. The lowest BCUT2D eigenvalue weighted by molar-refractivity contribution is -0.119. The number of methoxy groups -OCH3 is 1. The van der Waals surface area contributed by atoms with Crippen molar-refractivity contribution >= 4 is 39.9 Å². The van der Waals surface area contributed by atoms with Gasteiger partial charge >= 0.3 is 0 Å². The van der Waals surface area contributed by atoms with Crippen LogP contribution in [0.2, 0.25) is 5.02 Å². The predicted molar refractivity (Wildman–Crippen MR) is 123 cm³/mol. The number of halogens is 1. The van der Waals surface area contributed by atoms with E-state index < -0.39 is 6.04 Å². The van der Waals surface area contributed by atoms with Gasteiger partial charge in [-0.1, -0.05) is 61.4 Å². The van der Waals surface area contributed by atoms with Crippen LogP contribution in [0.3, 0.4) is 0 Å². The monoisotopic (exact) mass is 458 g/mol. The third kappa shape index (κ3) is 5.80. The molecule has 0 radical (unpaired) electrons. The summed E-state index contributed by atoms with van der Waals surface area (Å²) < 4.78 is 5.17. The highest BCUT2D eigenvalue weighted by molar-refractivity contribution is 7.18. The second-order valence-corrected chi connectivity index (χ2v) is 8.39.